The molecule has 0 spiro atoms. The zero-order chi connectivity index (χ0) is 33.1. The number of carbonyl (C=O) groups excluding carboxylic acids is 1. The SMILES string of the molecule is CC(C)(OC(=O)c1ccccc1)C1Cc2cc3ccc(=O)oc3cc2O1.COc1c(-c2ccccc2)oc2c(OC)cccc2c1=O. The second kappa shape index (κ2) is 12.9. The van der Waals surface area contributed by atoms with Crippen molar-refractivity contribution in [2.75, 3.05) is 14.2 Å². The predicted molar refractivity (Wildman–Crippen MR) is 178 cm³/mol. The first-order valence-electron chi connectivity index (χ1n) is 14.9. The van der Waals surface area contributed by atoms with E-state index in [1.165, 1.54) is 13.2 Å². The Bertz CT molecular complexity index is 2180. The van der Waals surface area contributed by atoms with Gasteiger partial charge < -0.3 is 27.8 Å². The first-order valence-corrected chi connectivity index (χ1v) is 14.9. The van der Waals surface area contributed by atoms with Gasteiger partial charge in [0.05, 0.1) is 25.2 Å². The largest absolute Gasteiger partial charge is 0.493 e. The lowest BCUT2D eigenvalue weighted by molar-refractivity contribution is -0.0517. The van der Waals surface area contributed by atoms with Crippen molar-refractivity contribution in [3.05, 3.63) is 135 Å². The average Bonchev–Trinajstić information content (AvgIpc) is 3.52. The number of benzene rings is 4. The minimum atomic E-state index is -0.820. The van der Waals surface area contributed by atoms with E-state index in [0.717, 1.165) is 16.5 Å². The molecule has 6 aromatic rings. The summed E-state index contributed by atoms with van der Waals surface area (Å²) in [7, 11) is 3.01. The van der Waals surface area contributed by atoms with Crippen molar-refractivity contribution in [1.82, 2.24) is 0 Å². The quantitative estimate of drug-likeness (QED) is 0.139. The summed E-state index contributed by atoms with van der Waals surface area (Å²) in [6.45, 7) is 3.68. The van der Waals surface area contributed by atoms with Crippen LogP contribution in [0, 0.1) is 0 Å². The Morgan fingerprint density at radius 2 is 1.53 bits per heavy atom. The third-order valence-corrected chi connectivity index (χ3v) is 7.92. The van der Waals surface area contributed by atoms with Crippen LogP contribution in [0.4, 0.5) is 0 Å². The van der Waals surface area contributed by atoms with Gasteiger partial charge in [-0.05, 0) is 55.8 Å². The van der Waals surface area contributed by atoms with Crippen LogP contribution in [-0.4, -0.2) is 31.9 Å². The fourth-order valence-corrected chi connectivity index (χ4v) is 5.43. The Morgan fingerprint density at radius 1 is 0.809 bits per heavy atom. The second-order valence-corrected chi connectivity index (χ2v) is 11.4. The molecule has 0 radical (unpaired) electrons. The summed E-state index contributed by atoms with van der Waals surface area (Å²) in [5, 5.41) is 1.28. The van der Waals surface area contributed by atoms with Crippen LogP contribution in [0.2, 0.25) is 0 Å². The summed E-state index contributed by atoms with van der Waals surface area (Å²) in [5.74, 6) is 1.39. The molecule has 1 aliphatic rings. The van der Waals surface area contributed by atoms with Crippen molar-refractivity contribution in [1.29, 1.82) is 0 Å². The van der Waals surface area contributed by atoms with Gasteiger partial charge in [-0.1, -0.05) is 54.6 Å². The van der Waals surface area contributed by atoms with Crippen LogP contribution < -0.4 is 25.3 Å². The van der Waals surface area contributed by atoms with E-state index in [-0.39, 0.29) is 23.3 Å². The minimum absolute atomic E-state index is 0.196. The van der Waals surface area contributed by atoms with Crippen LogP contribution in [0.25, 0.3) is 33.3 Å². The van der Waals surface area contributed by atoms with Crippen molar-refractivity contribution in [2.24, 2.45) is 0 Å². The fourth-order valence-electron chi connectivity index (χ4n) is 5.43. The molecule has 0 aliphatic carbocycles. The van der Waals surface area contributed by atoms with Gasteiger partial charge in [0.25, 0.3) is 0 Å². The summed E-state index contributed by atoms with van der Waals surface area (Å²) >= 11 is 0. The van der Waals surface area contributed by atoms with Gasteiger partial charge in [0, 0.05) is 29.5 Å². The van der Waals surface area contributed by atoms with Crippen LogP contribution in [0.1, 0.15) is 29.8 Å². The Labute approximate surface area is 269 Å². The Kier molecular flexibility index (Phi) is 8.54. The molecule has 9 nitrogen and oxygen atoms in total. The fraction of sp³-hybridized carbons (Fsp3) is 0.184. The number of hydrogen-bond acceptors (Lipinski definition) is 9. The summed E-state index contributed by atoms with van der Waals surface area (Å²) < 4.78 is 33.4. The van der Waals surface area contributed by atoms with E-state index < -0.39 is 11.2 Å². The van der Waals surface area contributed by atoms with Gasteiger partial charge >= 0.3 is 11.6 Å². The molecular weight excluding hydrogens is 600 g/mol. The molecule has 47 heavy (non-hydrogen) atoms. The maximum absolute atomic E-state index is 12.6. The number of para-hydroxylation sites is 1. The zero-order valence-electron chi connectivity index (χ0n) is 26.3. The number of fused-ring (bicyclic) bond motifs is 3. The molecule has 238 valence electrons. The smallest absolute Gasteiger partial charge is 0.338 e. The number of hydrogen-bond donors (Lipinski definition) is 0. The van der Waals surface area contributed by atoms with E-state index in [2.05, 4.69) is 0 Å². The third kappa shape index (κ3) is 6.33. The van der Waals surface area contributed by atoms with Crippen molar-refractivity contribution >= 4 is 27.9 Å². The van der Waals surface area contributed by atoms with Crippen LogP contribution in [0.5, 0.6) is 17.2 Å². The molecule has 1 unspecified atom stereocenters. The van der Waals surface area contributed by atoms with Crippen molar-refractivity contribution in [2.45, 2.75) is 32.0 Å². The van der Waals surface area contributed by atoms with Crippen LogP contribution in [-0.2, 0) is 11.2 Å². The Morgan fingerprint density at radius 3 is 2.23 bits per heavy atom. The highest BCUT2D eigenvalue weighted by Gasteiger charge is 2.40. The molecule has 1 aliphatic heterocycles. The van der Waals surface area contributed by atoms with Gasteiger partial charge in [0.1, 0.15) is 23.0 Å². The zero-order valence-corrected chi connectivity index (χ0v) is 26.3. The predicted octanol–water partition coefficient (Wildman–Crippen LogP) is 7.21. The highest BCUT2D eigenvalue weighted by Crippen LogP contribution is 2.38. The standard InChI is InChI=1S/C21H18O5.C17H14O4/c1-21(2,26-20(23)13-6-4-3-5-7-13)18-11-15-10-14-8-9-19(22)25-16(14)12-17(15)24-18;1-19-13-10-6-9-12-14(18)17(20-2)15(21-16(12)13)11-7-4-3-5-8-11/h3-10,12,18H,11H2,1-2H3;3-10H,1-2H3. The molecule has 7 rings (SSSR count). The molecule has 0 fully saturated rings. The summed E-state index contributed by atoms with van der Waals surface area (Å²) in [5.41, 5.74) is 1.75. The molecule has 1 atom stereocenters. The van der Waals surface area contributed by atoms with E-state index in [9.17, 15) is 14.4 Å². The maximum Gasteiger partial charge on any atom is 0.338 e. The molecular formula is C38H32O9. The summed E-state index contributed by atoms with van der Waals surface area (Å²) in [6, 6.07) is 30.3. The topological polar surface area (TPSA) is 114 Å². The molecule has 0 bridgehead atoms. The van der Waals surface area contributed by atoms with E-state index in [0.29, 0.717) is 45.8 Å². The normalized spacial score (nSPS) is 13.7. The van der Waals surface area contributed by atoms with E-state index in [4.69, 9.17) is 27.8 Å². The van der Waals surface area contributed by atoms with Crippen LogP contribution in [0.15, 0.2) is 122 Å². The average molecular weight is 633 g/mol. The first-order chi connectivity index (χ1) is 22.7. The number of rotatable bonds is 6. The van der Waals surface area contributed by atoms with Crippen molar-refractivity contribution in [3.8, 4) is 28.6 Å². The number of esters is 1. The van der Waals surface area contributed by atoms with E-state index in [1.807, 2.05) is 56.3 Å². The Balaban J connectivity index is 0.000000168. The van der Waals surface area contributed by atoms with Gasteiger partial charge in [0.2, 0.25) is 11.2 Å². The number of carbonyl (C=O) groups is 1. The van der Waals surface area contributed by atoms with Gasteiger partial charge in [0.15, 0.2) is 17.1 Å². The summed E-state index contributed by atoms with van der Waals surface area (Å²) in [6.07, 6.45) is 0.285. The van der Waals surface area contributed by atoms with E-state index >= 15 is 0 Å². The first kappa shape index (κ1) is 31.2. The number of methoxy groups -OCH3 is 2. The lowest BCUT2D eigenvalue weighted by atomic mass is 9.96. The molecule has 0 saturated heterocycles. The lowest BCUT2D eigenvalue weighted by Gasteiger charge is -2.30. The van der Waals surface area contributed by atoms with Gasteiger partial charge in [-0.2, -0.15) is 0 Å². The van der Waals surface area contributed by atoms with Gasteiger partial charge in [-0.3, -0.25) is 4.79 Å². The second-order valence-electron chi connectivity index (χ2n) is 11.4. The van der Waals surface area contributed by atoms with Gasteiger partial charge in [-0.15, -0.1) is 0 Å². The molecule has 2 aromatic heterocycles. The monoisotopic (exact) mass is 632 g/mol. The van der Waals surface area contributed by atoms with Crippen LogP contribution >= 0.6 is 0 Å². The molecule has 4 aromatic carbocycles. The molecule has 9 heteroatoms. The van der Waals surface area contributed by atoms with Crippen molar-refractivity contribution in [3.63, 3.8) is 0 Å². The van der Waals surface area contributed by atoms with Crippen molar-refractivity contribution < 1.29 is 32.6 Å². The maximum atomic E-state index is 12.6. The Hall–Kier alpha value is -5.83. The third-order valence-electron chi connectivity index (χ3n) is 7.92. The highest BCUT2D eigenvalue weighted by molar-refractivity contribution is 5.89. The molecule has 3 heterocycles. The van der Waals surface area contributed by atoms with E-state index in [1.54, 1.807) is 61.7 Å². The van der Waals surface area contributed by atoms with Crippen LogP contribution in [0.3, 0.4) is 0 Å². The molecule has 0 saturated carbocycles. The summed E-state index contributed by atoms with van der Waals surface area (Å²) in [4.78, 5) is 36.4. The minimum Gasteiger partial charge on any atom is -0.493 e. The molecule has 0 N–H and O–H groups in total. The number of ether oxygens (including phenoxy) is 4. The molecule has 0 amide bonds. The lowest BCUT2D eigenvalue weighted by Crippen LogP contribution is -2.43. The highest BCUT2D eigenvalue weighted by atomic mass is 16.6. The van der Waals surface area contributed by atoms with Gasteiger partial charge in [-0.25, -0.2) is 9.59 Å².